The molecule has 2 rings (SSSR count). The summed E-state index contributed by atoms with van der Waals surface area (Å²) in [4.78, 5) is 12.9. The van der Waals surface area contributed by atoms with E-state index in [1.165, 1.54) is 12.1 Å². The third-order valence-corrected chi connectivity index (χ3v) is 4.05. The van der Waals surface area contributed by atoms with E-state index in [0.29, 0.717) is 18.1 Å². The Balaban J connectivity index is 1.82. The predicted octanol–water partition coefficient (Wildman–Crippen LogP) is 2.69. The highest BCUT2D eigenvalue weighted by Gasteiger charge is 2.30. The maximum Gasteiger partial charge on any atom is 0.416 e. The fraction of sp³-hybridized carbons (Fsp3) is 0.278. The quantitative estimate of drug-likeness (QED) is 0.804. The second kappa shape index (κ2) is 8.36. The molecule has 0 bridgehead atoms. The van der Waals surface area contributed by atoms with Gasteiger partial charge in [-0.15, -0.1) is 0 Å². The topological polar surface area (TPSA) is 33.5 Å². The molecule has 3 nitrogen and oxygen atoms in total. The third kappa shape index (κ3) is 6.07. The largest absolute Gasteiger partial charge is 0.416 e. The summed E-state index contributed by atoms with van der Waals surface area (Å²) < 4.78 is 37.6. The van der Waals surface area contributed by atoms with Crippen LogP contribution in [0.4, 0.5) is 13.2 Å². The minimum Gasteiger partial charge on any atom is -0.347 e. The fourth-order valence-electron chi connectivity index (χ4n) is 2.39. The Morgan fingerprint density at radius 1 is 1.12 bits per heavy atom. The highest BCUT2D eigenvalue weighted by atomic mass is 35.5. The van der Waals surface area contributed by atoms with E-state index >= 15 is 0 Å². The molecule has 1 amide bonds. The van der Waals surface area contributed by atoms with E-state index in [1.54, 1.807) is 6.07 Å². The zero-order valence-corrected chi connectivity index (χ0v) is 14.4. The van der Waals surface area contributed by atoms with Gasteiger partial charge < -0.3 is 10.2 Å². The van der Waals surface area contributed by atoms with Gasteiger partial charge in [0.1, 0.15) is 6.54 Å². The Kier molecular flexibility index (Phi) is 6.45. The van der Waals surface area contributed by atoms with E-state index in [2.05, 4.69) is 5.32 Å². The molecule has 1 unspecified atom stereocenters. The molecule has 2 N–H and O–H groups in total. The van der Waals surface area contributed by atoms with Crippen molar-refractivity contribution < 1.29 is 22.9 Å². The number of alkyl halides is 3. The zero-order valence-electron chi connectivity index (χ0n) is 13.7. The van der Waals surface area contributed by atoms with Crippen molar-refractivity contribution in [2.75, 3.05) is 13.6 Å². The number of benzene rings is 2. The molecule has 0 saturated carbocycles. The number of halogens is 4. The molecule has 0 aliphatic heterocycles. The van der Waals surface area contributed by atoms with Crippen molar-refractivity contribution >= 4 is 17.5 Å². The molecule has 25 heavy (non-hydrogen) atoms. The first kappa shape index (κ1) is 19.3. The minimum absolute atomic E-state index is 0.149. The van der Waals surface area contributed by atoms with Crippen LogP contribution in [0.5, 0.6) is 0 Å². The molecule has 0 aliphatic carbocycles. The Labute approximate surface area is 149 Å². The van der Waals surface area contributed by atoms with Crippen LogP contribution in [0.25, 0.3) is 0 Å². The lowest BCUT2D eigenvalue weighted by Gasteiger charge is -2.15. The molecule has 134 valence electrons. The number of carbonyl (C=O) groups excluding carboxylic acids is 1. The van der Waals surface area contributed by atoms with Crippen LogP contribution in [0.1, 0.15) is 16.7 Å². The van der Waals surface area contributed by atoms with Crippen LogP contribution in [-0.4, -0.2) is 19.5 Å². The van der Waals surface area contributed by atoms with Crippen LogP contribution < -0.4 is 10.2 Å². The second-order valence-corrected chi connectivity index (χ2v) is 6.28. The molecule has 0 saturated heterocycles. The number of carbonyl (C=O) groups is 1. The number of quaternary nitrogens is 1. The normalized spacial score (nSPS) is 12.7. The first-order chi connectivity index (χ1) is 11.8. The number of likely N-dealkylation sites (N-methyl/N-ethyl adjacent to an activating group) is 1. The minimum atomic E-state index is -4.34. The van der Waals surface area contributed by atoms with Crippen molar-refractivity contribution in [3.05, 3.63) is 70.2 Å². The van der Waals surface area contributed by atoms with Gasteiger partial charge in [-0.05, 0) is 23.8 Å². The van der Waals surface area contributed by atoms with Crippen LogP contribution in [0.15, 0.2) is 48.5 Å². The van der Waals surface area contributed by atoms with Crippen LogP contribution in [0.3, 0.4) is 0 Å². The molecule has 0 heterocycles. The van der Waals surface area contributed by atoms with E-state index in [0.717, 1.165) is 28.2 Å². The van der Waals surface area contributed by atoms with Gasteiger partial charge in [-0.1, -0.05) is 41.9 Å². The summed E-state index contributed by atoms with van der Waals surface area (Å²) in [6.45, 7) is 1.01. The van der Waals surface area contributed by atoms with Gasteiger partial charge in [0.2, 0.25) is 0 Å². The number of nitrogens with one attached hydrogen (secondary N) is 2. The molecule has 0 fully saturated rings. The Morgan fingerprint density at radius 2 is 1.76 bits per heavy atom. The lowest BCUT2D eigenvalue weighted by molar-refractivity contribution is -0.885. The predicted molar refractivity (Wildman–Crippen MR) is 90.2 cm³/mol. The Bertz CT molecular complexity index is 717. The van der Waals surface area contributed by atoms with E-state index < -0.39 is 11.7 Å². The SMILES string of the molecule is C[NH+](CC(=O)NCc1ccccc1Cl)Cc1ccc(C(F)(F)F)cc1. The van der Waals surface area contributed by atoms with E-state index in [9.17, 15) is 18.0 Å². The smallest absolute Gasteiger partial charge is 0.347 e. The summed E-state index contributed by atoms with van der Waals surface area (Å²) in [6, 6.07) is 12.2. The molecule has 0 radical (unpaired) electrons. The lowest BCUT2D eigenvalue weighted by Crippen LogP contribution is -3.08. The van der Waals surface area contributed by atoms with Crippen molar-refractivity contribution in [3.8, 4) is 0 Å². The molecule has 0 spiro atoms. The van der Waals surface area contributed by atoms with Crippen LogP contribution in [0.2, 0.25) is 5.02 Å². The summed E-state index contributed by atoms with van der Waals surface area (Å²) in [7, 11) is 1.81. The summed E-state index contributed by atoms with van der Waals surface area (Å²) in [5.74, 6) is -0.149. The molecule has 0 aliphatic rings. The van der Waals surface area contributed by atoms with Gasteiger partial charge in [0.25, 0.3) is 5.91 Å². The maximum absolute atomic E-state index is 12.5. The van der Waals surface area contributed by atoms with Crippen molar-refractivity contribution in [2.24, 2.45) is 0 Å². The monoisotopic (exact) mass is 371 g/mol. The number of rotatable bonds is 6. The first-order valence-electron chi connectivity index (χ1n) is 7.73. The molecule has 0 aromatic heterocycles. The molecule has 7 heteroatoms. The highest BCUT2D eigenvalue weighted by molar-refractivity contribution is 6.31. The summed E-state index contributed by atoms with van der Waals surface area (Å²) in [5.41, 5.74) is 0.897. The standard InChI is InChI=1S/C18H18ClF3N2O/c1-24(11-13-6-8-15(9-7-13)18(20,21)22)12-17(25)23-10-14-4-2-3-5-16(14)19/h2-9H,10-12H2,1H3,(H,23,25)/p+1. The van der Waals surface area contributed by atoms with Gasteiger partial charge in [-0.25, -0.2) is 0 Å². The van der Waals surface area contributed by atoms with Crippen molar-refractivity contribution in [1.29, 1.82) is 0 Å². The van der Waals surface area contributed by atoms with Crippen LogP contribution in [0, 0.1) is 0 Å². The summed E-state index contributed by atoms with van der Waals surface area (Å²) in [5, 5.41) is 3.38. The molecular formula is C18H19ClF3N2O+. The average Bonchev–Trinajstić information content (AvgIpc) is 2.53. The lowest BCUT2D eigenvalue weighted by atomic mass is 10.1. The van der Waals surface area contributed by atoms with E-state index in [-0.39, 0.29) is 12.5 Å². The van der Waals surface area contributed by atoms with E-state index in [4.69, 9.17) is 11.6 Å². The number of hydrogen-bond donors (Lipinski definition) is 2. The van der Waals surface area contributed by atoms with Gasteiger partial charge in [-0.3, -0.25) is 4.79 Å². The highest BCUT2D eigenvalue weighted by Crippen LogP contribution is 2.28. The van der Waals surface area contributed by atoms with Crippen molar-refractivity contribution in [2.45, 2.75) is 19.3 Å². The van der Waals surface area contributed by atoms with Crippen molar-refractivity contribution in [1.82, 2.24) is 5.32 Å². The first-order valence-corrected chi connectivity index (χ1v) is 8.11. The molecule has 1 atom stereocenters. The summed E-state index contributed by atoms with van der Waals surface area (Å²) in [6.07, 6.45) is -4.34. The summed E-state index contributed by atoms with van der Waals surface area (Å²) >= 11 is 6.03. The molecule has 2 aromatic rings. The van der Waals surface area contributed by atoms with Gasteiger partial charge >= 0.3 is 6.18 Å². The van der Waals surface area contributed by atoms with E-state index in [1.807, 2.05) is 25.2 Å². The van der Waals surface area contributed by atoms with Gasteiger partial charge in [0.15, 0.2) is 6.54 Å². The maximum atomic E-state index is 12.5. The average molecular weight is 372 g/mol. The van der Waals surface area contributed by atoms with Gasteiger partial charge in [-0.2, -0.15) is 13.2 Å². The Morgan fingerprint density at radius 3 is 2.36 bits per heavy atom. The van der Waals surface area contributed by atoms with Crippen LogP contribution in [-0.2, 0) is 24.1 Å². The van der Waals surface area contributed by atoms with Crippen LogP contribution >= 0.6 is 11.6 Å². The second-order valence-electron chi connectivity index (χ2n) is 5.87. The molecule has 2 aromatic carbocycles. The van der Waals surface area contributed by atoms with Gasteiger partial charge in [0.05, 0.1) is 12.6 Å². The fourth-order valence-corrected chi connectivity index (χ4v) is 2.60. The number of hydrogen-bond acceptors (Lipinski definition) is 1. The van der Waals surface area contributed by atoms with Crippen molar-refractivity contribution in [3.63, 3.8) is 0 Å². The molecular weight excluding hydrogens is 353 g/mol. The number of amides is 1. The Hall–Kier alpha value is -2.05. The third-order valence-electron chi connectivity index (χ3n) is 3.68. The van der Waals surface area contributed by atoms with Gasteiger partial charge in [0, 0.05) is 17.1 Å². The zero-order chi connectivity index (χ0) is 18.4.